The number of aryl methyl sites for hydroxylation is 2. The number of hydrogen-bond acceptors (Lipinski definition) is 7. The number of nitrogens with zero attached hydrogens (tertiary/aromatic N) is 3. The fourth-order valence-corrected chi connectivity index (χ4v) is 6.02. The predicted molar refractivity (Wildman–Crippen MR) is 134 cm³/mol. The topological polar surface area (TPSA) is 86.1 Å². The number of amides is 1. The Balaban J connectivity index is 1.62. The van der Waals surface area contributed by atoms with Gasteiger partial charge in [0.05, 0.1) is 17.9 Å². The summed E-state index contributed by atoms with van der Waals surface area (Å²) in [7, 11) is 0. The van der Waals surface area contributed by atoms with E-state index in [2.05, 4.69) is 26.7 Å². The van der Waals surface area contributed by atoms with E-state index in [4.69, 9.17) is 4.74 Å². The summed E-state index contributed by atoms with van der Waals surface area (Å²) < 4.78 is 7.22. The summed E-state index contributed by atoms with van der Waals surface area (Å²) in [5.74, 6) is 1.31. The van der Waals surface area contributed by atoms with Crippen LogP contribution in [0.25, 0.3) is 0 Å². The minimum atomic E-state index is -0.407. The van der Waals surface area contributed by atoms with Crippen LogP contribution in [0.3, 0.4) is 0 Å². The van der Waals surface area contributed by atoms with Crippen molar-refractivity contribution < 1.29 is 14.3 Å². The molecule has 0 aliphatic heterocycles. The van der Waals surface area contributed by atoms with E-state index in [-0.39, 0.29) is 11.7 Å². The van der Waals surface area contributed by atoms with Crippen LogP contribution in [0.4, 0.5) is 5.00 Å². The molecule has 2 aromatic heterocycles. The first kappa shape index (κ1) is 25.5. The summed E-state index contributed by atoms with van der Waals surface area (Å²) >= 11 is 2.74. The van der Waals surface area contributed by atoms with Gasteiger partial charge in [-0.1, -0.05) is 49.9 Å². The number of esters is 1. The monoisotopic (exact) mass is 490 g/mol. The summed E-state index contributed by atoms with van der Waals surface area (Å²) in [6.07, 6.45) is 10.5. The summed E-state index contributed by atoms with van der Waals surface area (Å²) in [6, 6.07) is 0. The molecule has 3 rings (SSSR count). The van der Waals surface area contributed by atoms with E-state index in [0.29, 0.717) is 28.9 Å². The smallest absolute Gasteiger partial charge is 0.341 e. The molecule has 1 aliphatic carbocycles. The zero-order valence-electron chi connectivity index (χ0n) is 19.8. The van der Waals surface area contributed by atoms with Crippen molar-refractivity contribution in [3.05, 3.63) is 34.5 Å². The number of rotatable bonds is 11. The van der Waals surface area contributed by atoms with Gasteiger partial charge in [0.1, 0.15) is 10.8 Å². The molecule has 0 radical (unpaired) electrons. The molecule has 0 atom stereocenters. The van der Waals surface area contributed by atoms with Gasteiger partial charge in [-0.3, -0.25) is 4.79 Å². The summed E-state index contributed by atoms with van der Waals surface area (Å²) in [5.41, 5.74) is 1.28. The van der Waals surface area contributed by atoms with Gasteiger partial charge in [0.2, 0.25) is 5.91 Å². The molecule has 2 heterocycles. The highest BCUT2D eigenvalue weighted by Crippen LogP contribution is 2.33. The normalized spacial score (nSPS) is 14.3. The third kappa shape index (κ3) is 6.69. The van der Waals surface area contributed by atoms with Crippen molar-refractivity contribution in [1.82, 2.24) is 14.8 Å². The molecule has 180 valence electrons. The van der Waals surface area contributed by atoms with Crippen LogP contribution in [0.2, 0.25) is 0 Å². The van der Waals surface area contributed by atoms with Crippen LogP contribution in [-0.4, -0.2) is 39.0 Å². The number of aromatic nitrogens is 3. The van der Waals surface area contributed by atoms with Crippen molar-refractivity contribution in [2.75, 3.05) is 17.7 Å². The number of thiophene rings is 1. The molecule has 2 aromatic rings. The van der Waals surface area contributed by atoms with E-state index in [1.807, 2.05) is 19.9 Å². The molecule has 0 saturated heterocycles. The van der Waals surface area contributed by atoms with E-state index < -0.39 is 5.97 Å². The van der Waals surface area contributed by atoms with Gasteiger partial charge in [0.15, 0.2) is 5.16 Å². The molecule has 9 heteroatoms. The van der Waals surface area contributed by atoms with E-state index in [9.17, 15) is 9.59 Å². The van der Waals surface area contributed by atoms with Crippen molar-refractivity contribution in [2.45, 2.75) is 77.4 Å². The number of ether oxygens (including phenoxy) is 1. The number of anilines is 1. The van der Waals surface area contributed by atoms with Crippen LogP contribution in [0.1, 0.15) is 72.1 Å². The second-order valence-electron chi connectivity index (χ2n) is 8.39. The molecule has 7 nitrogen and oxygen atoms in total. The highest BCUT2D eigenvalue weighted by Gasteiger charge is 2.23. The lowest BCUT2D eigenvalue weighted by atomic mass is 9.86. The van der Waals surface area contributed by atoms with Gasteiger partial charge in [-0.05, 0) is 38.7 Å². The molecule has 33 heavy (non-hydrogen) atoms. The number of nitrogens with one attached hydrogen (secondary N) is 1. The number of hydrogen-bond donors (Lipinski definition) is 1. The maximum atomic E-state index is 12.7. The van der Waals surface area contributed by atoms with E-state index in [0.717, 1.165) is 35.0 Å². The molecule has 1 N–H and O–H groups in total. The summed E-state index contributed by atoms with van der Waals surface area (Å²) in [6.45, 7) is 10.3. The van der Waals surface area contributed by atoms with Crippen LogP contribution >= 0.6 is 23.1 Å². The second kappa shape index (κ2) is 12.4. The Morgan fingerprint density at radius 3 is 2.73 bits per heavy atom. The van der Waals surface area contributed by atoms with E-state index >= 15 is 0 Å². The summed E-state index contributed by atoms with van der Waals surface area (Å²) in [4.78, 5) is 26.0. The third-order valence-corrected chi connectivity index (χ3v) is 8.15. The highest BCUT2D eigenvalue weighted by molar-refractivity contribution is 7.99. The number of thioether (sulfide) groups is 1. The first-order valence-corrected chi connectivity index (χ1v) is 13.5. The molecule has 1 fully saturated rings. The highest BCUT2D eigenvalue weighted by atomic mass is 32.2. The van der Waals surface area contributed by atoms with Crippen LogP contribution in [0.5, 0.6) is 0 Å². The van der Waals surface area contributed by atoms with Crippen LogP contribution in [0, 0.1) is 19.8 Å². The molecule has 0 bridgehead atoms. The van der Waals surface area contributed by atoms with Gasteiger partial charge in [-0.2, -0.15) is 0 Å². The van der Waals surface area contributed by atoms with Crippen molar-refractivity contribution in [2.24, 2.45) is 5.92 Å². The number of carbonyl (C=O) groups is 2. The first-order valence-electron chi connectivity index (χ1n) is 11.7. The fourth-order valence-electron chi connectivity index (χ4n) is 4.19. The first-order chi connectivity index (χ1) is 15.9. The maximum Gasteiger partial charge on any atom is 0.341 e. The third-order valence-electron chi connectivity index (χ3n) is 6.06. The molecule has 1 amide bonds. The zero-order chi connectivity index (χ0) is 23.8. The molecule has 1 saturated carbocycles. The average molecular weight is 491 g/mol. The number of carbonyl (C=O) groups excluding carboxylic acids is 2. The maximum absolute atomic E-state index is 12.7. The Morgan fingerprint density at radius 2 is 2.03 bits per heavy atom. The minimum Gasteiger partial charge on any atom is -0.462 e. The van der Waals surface area contributed by atoms with Gasteiger partial charge >= 0.3 is 5.97 Å². The van der Waals surface area contributed by atoms with Crippen LogP contribution in [0.15, 0.2) is 17.8 Å². The Kier molecular flexibility index (Phi) is 9.55. The summed E-state index contributed by atoms with van der Waals surface area (Å²) in [5, 5.41) is 12.9. The van der Waals surface area contributed by atoms with Crippen LogP contribution < -0.4 is 5.32 Å². The molecule has 0 spiro atoms. The second-order valence-corrected chi connectivity index (χ2v) is 10.6. The molecule has 1 aliphatic rings. The minimum absolute atomic E-state index is 0.177. The van der Waals surface area contributed by atoms with Crippen molar-refractivity contribution in [3.8, 4) is 0 Å². The standard InChI is InChI=1S/C24H34N4O3S2/c1-5-14-28-19(13-12-18-10-8-7-9-11-18)26-27-24(28)32-15-20(29)25-22-21(23(30)31-6-2)16(3)17(4)33-22/h5,18H,1,6-15H2,2-4H3,(H,25,29). The molecule has 0 aromatic carbocycles. The SMILES string of the molecule is C=CCn1c(CCC2CCCCC2)nnc1SCC(=O)Nc1sc(C)c(C)c1C(=O)OCC. The molecule has 0 unspecified atom stereocenters. The Morgan fingerprint density at radius 1 is 1.27 bits per heavy atom. The molecular weight excluding hydrogens is 456 g/mol. The number of allylic oxidation sites excluding steroid dienone is 1. The Bertz CT molecular complexity index is 977. The quantitative estimate of drug-likeness (QED) is 0.252. The van der Waals surface area contributed by atoms with Crippen LogP contribution in [-0.2, 0) is 22.5 Å². The average Bonchev–Trinajstić information content (AvgIpc) is 3.31. The van der Waals surface area contributed by atoms with Crippen molar-refractivity contribution in [3.63, 3.8) is 0 Å². The largest absolute Gasteiger partial charge is 0.462 e. The lowest BCUT2D eigenvalue weighted by Gasteiger charge is -2.21. The van der Waals surface area contributed by atoms with Gasteiger partial charge in [-0.15, -0.1) is 28.1 Å². The van der Waals surface area contributed by atoms with Gasteiger partial charge < -0.3 is 14.6 Å². The molecular formula is C24H34N4O3S2. The predicted octanol–water partition coefficient (Wildman–Crippen LogP) is 5.56. The van der Waals surface area contributed by atoms with Gasteiger partial charge in [0, 0.05) is 17.8 Å². The van der Waals surface area contributed by atoms with Crippen molar-refractivity contribution in [1.29, 1.82) is 0 Å². The zero-order valence-corrected chi connectivity index (χ0v) is 21.4. The van der Waals surface area contributed by atoms with Crippen molar-refractivity contribution >= 4 is 40.0 Å². The van der Waals surface area contributed by atoms with E-state index in [1.54, 1.807) is 6.92 Å². The Labute approximate surface area is 204 Å². The Hall–Kier alpha value is -2.13. The fraction of sp³-hybridized carbons (Fsp3) is 0.583. The van der Waals surface area contributed by atoms with E-state index in [1.165, 1.54) is 55.2 Å². The lowest BCUT2D eigenvalue weighted by molar-refractivity contribution is -0.113. The van der Waals surface area contributed by atoms with Gasteiger partial charge in [-0.25, -0.2) is 4.79 Å². The lowest BCUT2D eigenvalue weighted by Crippen LogP contribution is -2.17. The van der Waals surface area contributed by atoms with Gasteiger partial charge in [0.25, 0.3) is 0 Å².